The van der Waals surface area contributed by atoms with E-state index in [0.29, 0.717) is 23.1 Å². The zero-order valence-corrected chi connectivity index (χ0v) is 14.0. The first kappa shape index (κ1) is 15.5. The van der Waals surface area contributed by atoms with Crippen LogP contribution in [0.25, 0.3) is 11.5 Å². The topological polar surface area (TPSA) is 52.3 Å². The minimum Gasteiger partial charge on any atom is -0.441 e. The van der Waals surface area contributed by atoms with Gasteiger partial charge in [0.05, 0.1) is 16.6 Å². The van der Waals surface area contributed by atoms with Crippen LogP contribution in [-0.4, -0.2) is 11.0 Å². The smallest absolute Gasteiger partial charge is 0.317 e. The maximum Gasteiger partial charge on any atom is 0.317 e. The standard InChI is InChI=1S/C18H14BrNO3/c1-12-15(20-18(22-12)13-7-3-2-4-8-13)11-17(21)23-16-10-6-5-9-14(16)19/h2-10H,11H2,1H3. The third-order valence-corrected chi connectivity index (χ3v) is 3.94. The summed E-state index contributed by atoms with van der Waals surface area (Å²) in [4.78, 5) is 16.5. The second-order valence-electron chi connectivity index (χ2n) is 4.97. The van der Waals surface area contributed by atoms with E-state index in [-0.39, 0.29) is 12.4 Å². The molecule has 0 amide bonds. The molecule has 0 aliphatic rings. The Bertz CT molecular complexity index is 827. The molecule has 3 rings (SSSR count). The number of benzene rings is 2. The van der Waals surface area contributed by atoms with Crippen molar-refractivity contribution in [1.29, 1.82) is 0 Å². The number of aromatic nitrogens is 1. The molecule has 0 atom stereocenters. The van der Waals surface area contributed by atoms with E-state index in [4.69, 9.17) is 9.15 Å². The van der Waals surface area contributed by atoms with Gasteiger partial charge < -0.3 is 9.15 Å². The van der Waals surface area contributed by atoms with Gasteiger partial charge in [-0.05, 0) is 47.1 Å². The van der Waals surface area contributed by atoms with Gasteiger partial charge in [-0.15, -0.1) is 0 Å². The van der Waals surface area contributed by atoms with Gasteiger partial charge in [0.15, 0.2) is 0 Å². The van der Waals surface area contributed by atoms with E-state index in [9.17, 15) is 4.79 Å². The number of hydrogen-bond donors (Lipinski definition) is 0. The van der Waals surface area contributed by atoms with Crippen molar-refractivity contribution in [3.63, 3.8) is 0 Å². The Morgan fingerprint density at radius 1 is 1.13 bits per heavy atom. The molecule has 5 heteroatoms. The number of carbonyl (C=O) groups excluding carboxylic acids is 1. The summed E-state index contributed by atoms with van der Waals surface area (Å²) in [7, 11) is 0. The Balaban J connectivity index is 1.74. The SMILES string of the molecule is Cc1oc(-c2ccccc2)nc1CC(=O)Oc1ccccc1Br. The average molecular weight is 372 g/mol. The second kappa shape index (κ2) is 6.79. The van der Waals surface area contributed by atoms with Gasteiger partial charge in [0.1, 0.15) is 11.5 Å². The Hall–Kier alpha value is -2.40. The monoisotopic (exact) mass is 371 g/mol. The molecule has 3 aromatic rings. The molecule has 0 unspecified atom stereocenters. The summed E-state index contributed by atoms with van der Waals surface area (Å²) in [6.07, 6.45) is 0.0590. The van der Waals surface area contributed by atoms with E-state index in [1.807, 2.05) is 48.5 Å². The number of hydrogen-bond acceptors (Lipinski definition) is 4. The van der Waals surface area contributed by atoms with Crippen molar-refractivity contribution in [2.24, 2.45) is 0 Å². The summed E-state index contributed by atoms with van der Waals surface area (Å²) in [5, 5.41) is 0. The number of carbonyl (C=O) groups is 1. The van der Waals surface area contributed by atoms with Crippen LogP contribution in [0.1, 0.15) is 11.5 Å². The van der Waals surface area contributed by atoms with Gasteiger partial charge in [-0.3, -0.25) is 4.79 Å². The lowest BCUT2D eigenvalue weighted by Gasteiger charge is -2.04. The van der Waals surface area contributed by atoms with Gasteiger partial charge in [-0.1, -0.05) is 30.3 Å². The lowest BCUT2D eigenvalue weighted by molar-refractivity contribution is -0.133. The predicted octanol–water partition coefficient (Wildman–Crippen LogP) is 4.56. The number of aryl methyl sites for hydroxylation is 1. The summed E-state index contributed by atoms with van der Waals surface area (Å²) in [6.45, 7) is 1.79. The molecule has 2 aromatic carbocycles. The Morgan fingerprint density at radius 2 is 1.83 bits per heavy atom. The summed E-state index contributed by atoms with van der Waals surface area (Å²) in [5.41, 5.74) is 1.46. The normalized spacial score (nSPS) is 10.5. The summed E-state index contributed by atoms with van der Waals surface area (Å²) in [6, 6.07) is 16.8. The van der Waals surface area contributed by atoms with E-state index in [0.717, 1.165) is 10.0 Å². The van der Waals surface area contributed by atoms with Crippen molar-refractivity contribution in [3.05, 3.63) is 70.5 Å². The zero-order valence-electron chi connectivity index (χ0n) is 12.5. The fourth-order valence-corrected chi connectivity index (χ4v) is 2.48. The number of rotatable bonds is 4. The lowest BCUT2D eigenvalue weighted by Crippen LogP contribution is -2.12. The molecule has 0 saturated heterocycles. The molecule has 0 radical (unpaired) electrons. The fraction of sp³-hybridized carbons (Fsp3) is 0.111. The minimum absolute atomic E-state index is 0.0590. The third kappa shape index (κ3) is 3.68. The van der Waals surface area contributed by atoms with Crippen LogP contribution in [0, 0.1) is 6.92 Å². The third-order valence-electron chi connectivity index (χ3n) is 3.29. The van der Waals surface area contributed by atoms with Crippen LogP contribution in [0.3, 0.4) is 0 Å². The second-order valence-corrected chi connectivity index (χ2v) is 5.82. The van der Waals surface area contributed by atoms with E-state index in [2.05, 4.69) is 20.9 Å². The first-order chi connectivity index (χ1) is 11.1. The van der Waals surface area contributed by atoms with Crippen molar-refractivity contribution in [2.75, 3.05) is 0 Å². The number of halogens is 1. The quantitative estimate of drug-likeness (QED) is 0.498. The van der Waals surface area contributed by atoms with Crippen molar-refractivity contribution in [1.82, 2.24) is 4.98 Å². The molecule has 4 nitrogen and oxygen atoms in total. The van der Waals surface area contributed by atoms with E-state index in [1.54, 1.807) is 13.0 Å². The van der Waals surface area contributed by atoms with Crippen LogP contribution >= 0.6 is 15.9 Å². The van der Waals surface area contributed by atoms with Crippen LogP contribution in [0.4, 0.5) is 0 Å². The van der Waals surface area contributed by atoms with Crippen LogP contribution in [0.5, 0.6) is 5.75 Å². The van der Waals surface area contributed by atoms with E-state index < -0.39 is 0 Å². The molecule has 116 valence electrons. The number of esters is 1. The van der Waals surface area contributed by atoms with E-state index in [1.165, 1.54) is 0 Å². The van der Waals surface area contributed by atoms with Crippen LogP contribution < -0.4 is 4.74 Å². The molecule has 0 fully saturated rings. The summed E-state index contributed by atoms with van der Waals surface area (Å²) in [5.74, 6) is 1.23. The summed E-state index contributed by atoms with van der Waals surface area (Å²) < 4.78 is 11.7. The molecule has 0 N–H and O–H groups in total. The van der Waals surface area contributed by atoms with Crippen LogP contribution in [0.2, 0.25) is 0 Å². The van der Waals surface area contributed by atoms with Crippen LogP contribution in [0.15, 0.2) is 63.5 Å². The molecular formula is C18H14BrNO3. The molecule has 0 saturated carbocycles. The molecule has 0 bridgehead atoms. The van der Waals surface area contributed by atoms with Gasteiger partial charge in [0.2, 0.25) is 5.89 Å². The van der Waals surface area contributed by atoms with Gasteiger partial charge in [-0.25, -0.2) is 4.98 Å². The highest BCUT2D eigenvalue weighted by molar-refractivity contribution is 9.10. The number of ether oxygens (including phenoxy) is 1. The lowest BCUT2D eigenvalue weighted by atomic mass is 10.2. The fourth-order valence-electron chi connectivity index (χ4n) is 2.12. The van der Waals surface area contributed by atoms with Gasteiger partial charge >= 0.3 is 5.97 Å². The highest BCUT2D eigenvalue weighted by Gasteiger charge is 2.16. The first-order valence-corrected chi connectivity index (χ1v) is 7.89. The molecule has 0 spiro atoms. The zero-order chi connectivity index (χ0) is 16.2. The first-order valence-electron chi connectivity index (χ1n) is 7.10. The molecule has 0 aliphatic carbocycles. The molecule has 1 aromatic heterocycles. The molecular weight excluding hydrogens is 358 g/mol. The maximum absolute atomic E-state index is 12.1. The van der Waals surface area contributed by atoms with Crippen molar-refractivity contribution >= 4 is 21.9 Å². The Morgan fingerprint density at radius 3 is 2.57 bits per heavy atom. The largest absolute Gasteiger partial charge is 0.441 e. The van der Waals surface area contributed by atoms with Crippen molar-refractivity contribution < 1.29 is 13.9 Å². The highest BCUT2D eigenvalue weighted by atomic mass is 79.9. The molecule has 1 heterocycles. The van der Waals surface area contributed by atoms with Crippen molar-refractivity contribution in [3.8, 4) is 17.2 Å². The predicted molar refractivity (Wildman–Crippen MR) is 90.2 cm³/mol. The van der Waals surface area contributed by atoms with Gasteiger partial charge in [0, 0.05) is 5.56 Å². The number of oxazole rings is 1. The van der Waals surface area contributed by atoms with E-state index >= 15 is 0 Å². The van der Waals surface area contributed by atoms with Crippen LogP contribution in [-0.2, 0) is 11.2 Å². The summed E-state index contributed by atoms with van der Waals surface area (Å²) >= 11 is 3.35. The molecule has 0 aliphatic heterocycles. The van der Waals surface area contributed by atoms with Crippen molar-refractivity contribution in [2.45, 2.75) is 13.3 Å². The number of nitrogens with zero attached hydrogens (tertiary/aromatic N) is 1. The Labute approximate surface area is 142 Å². The average Bonchev–Trinajstić information content (AvgIpc) is 2.91. The highest BCUT2D eigenvalue weighted by Crippen LogP contribution is 2.25. The maximum atomic E-state index is 12.1. The van der Waals surface area contributed by atoms with Gasteiger partial charge in [-0.2, -0.15) is 0 Å². The van der Waals surface area contributed by atoms with Gasteiger partial charge in [0.25, 0.3) is 0 Å². The minimum atomic E-state index is -0.382. The Kier molecular flexibility index (Phi) is 4.57. The number of para-hydroxylation sites is 1. The molecule has 23 heavy (non-hydrogen) atoms.